The standard InChI is InChI=1S/C11H20N4O3S/c1-8-11(10(6-12)15-14-8)19(16,17)13-7-9-2-4-18-5-3-9/h9,13H,2-7,12H2,1H3,(H,14,15). The van der Waals surface area contributed by atoms with Crippen LogP contribution in [0.2, 0.25) is 0 Å². The zero-order chi connectivity index (χ0) is 13.9. The Morgan fingerprint density at radius 3 is 2.79 bits per heavy atom. The summed E-state index contributed by atoms with van der Waals surface area (Å²) in [5, 5.41) is 6.57. The summed E-state index contributed by atoms with van der Waals surface area (Å²) in [5.74, 6) is 0.331. The fourth-order valence-electron chi connectivity index (χ4n) is 2.21. The third-order valence-electron chi connectivity index (χ3n) is 3.33. The lowest BCUT2D eigenvalue weighted by Crippen LogP contribution is -2.33. The van der Waals surface area contributed by atoms with Gasteiger partial charge < -0.3 is 10.5 Å². The van der Waals surface area contributed by atoms with Crippen LogP contribution in [0.15, 0.2) is 4.90 Å². The molecule has 0 saturated carbocycles. The van der Waals surface area contributed by atoms with Crippen LogP contribution in [0.5, 0.6) is 0 Å². The summed E-state index contributed by atoms with van der Waals surface area (Å²) in [6, 6.07) is 0. The fraction of sp³-hybridized carbons (Fsp3) is 0.727. The maximum atomic E-state index is 12.3. The van der Waals surface area contributed by atoms with Crippen LogP contribution in [0.4, 0.5) is 0 Å². The first-order chi connectivity index (χ1) is 9.04. The minimum atomic E-state index is -3.55. The largest absolute Gasteiger partial charge is 0.381 e. The molecule has 1 aromatic rings. The number of aromatic amines is 1. The van der Waals surface area contributed by atoms with Crippen LogP contribution in [0.3, 0.4) is 0 Å². The van der Waals surface area contributed by atoms with Crippen molar-refractivity contribution in [2.24, 2.45) is 11.7 Å². The van der Waals surface area contributed by atoms with Crippen LogP contribution < -0.4 is 10.5 Å². The van der Waals surface area contributed by atoms with E-state index in [0.717, 1.165) is 12.8 Å². The van der Waals surface area contributed by atoms with Gasteiger partial charge >= 0.3 is 0 Å². The highest BCUT2D eigenvalue weighted by Gasteiger charge is 2.25. The Hall–Kier alpha value is -0.960. The number of aryl methyl sites for hydroxylation is 1. The van der Waals surface area contributed by atoms with E-state index in [1.165, 1.54) is 0 Å². The molecule has 0 radical (unpaired) electrons. The van der Waals surface area contributed by atoms with Gasteiger partial charge in [0, 0.05) is 26.3 Å². The Labute approximate surface area is 113 Å². The molecule has 0 unspecified atom stereocenters. The van der Waals surface area contributed by atoms with Crippen LogP contribution in [0, 0.1) is 12.8 Å². The molecule has 8 heteroatoms. The summed E-state index contributed by atoms with van der Waals surface area (Å²) < 4.78 is 32.5. The minimum absolute atomic E-state index is 0.0951. The van der Waals surface area contributed by atoms with Crippen LogP contribution in [0.1, 0.15) is 24.2 Å². The molecule has 0 aliphatic carbocycles. The van der Waals surface area contributed by atoms with E-state index in [-0.39, 0.29) is 11.4 Å². The van der Waals surface area contributed by atoms with Crippen molar-refractivity contribution in [3.05, 3.63) is 11.4 Å². The molecule has 0 aromatic carbocycles. The maximum absolute atomic E-state index is 12.3. The molecule has 0 spiro atoms. The van der Waals surface area contributed by atoms with Gasteiger partial charge in [0.25, 0.3) is 0 Å². The number of H-pyrrole nitrogens is 1. The van der Waals surface area contributed by atoms with E-state index in [9.17, 15) is 8.42 Å². The first-order valence-electron chi connectivity index (χ1n) is 6.36. The van der Waals surface area contributed by atoms with E-state index in [0.29, 0.717) is 37.1 Å². The van der Waals surface area contributed by atoms with E-state index in [4.69, 9.17) is 10.5 Å². The lowest BCUT2D eigenvalue weighted by molar-refractivity contribution is 0.0678. The number of nitrogens with zero attached hydrogens (tertiary/aromatic N) is 1. The number of hydrogen-bond donors (Lipinski definition) is 3. The van der Waals surface area contributed by atoms with Crippen molar-refractivity contribution in [3.63, 3.8) is 0 Å². The number of hydrogen-bond acceptors (Lipinski definition) is 5. The third kappa shape index (κ3) is 3.33. The smallest absolute Gasteiger partial charge is 0.244 e. The highest BCUT2D eigenvalue weighted by molar-refractivity contribution is 7.89. The lowest BCUT2D eigenvalue weighted by atomic mass is 10.0. The summed E-state index contributed by atoms with van der Waals surface area (Å²) in [7, 11) is -3.55. The summed E-state index contributed by atoms with van der Waals surface area (Å²) >= 11 is 0. The van der Waals surface area contributed by atoms with E-state index < -0.39 is 10.0 Å². The normalized spacial score (nSPS) is 17.8. The second-order valence-corrected chi connectivity index (χ2v) is 6.44. The predicted molar refractivity (Wildman–Crippen MR) is 69.9 cm³/mol. The lowest BCUT2D eigenvalue weighted by Gasteiger charge is -2.22. The van der Waals surface area contributed by atoms with Gasteiger partial charge in [-0.15, -0.1) is 0 Å². The third-order valence-corrected chi connectivity index (χ3v) is 4.95. The number of ether oxygens (including phenoxy) is 1. The summed E-state index contributed by atoms with van der Waals surface area (Å²) in [6.45, 7) is 3.60. The zero-order valence-corrected chi connectivity index (χ0v) is 11.8. The second-order valence-electron chi connectivity index (χ2n) is 4.74. The van der Waals surface area contributed by atoms with Crippen LogP contribution in [0.25, 0.3) is 0 Å². The summed E-state index contributed by atoms with van der Waals surface area (Å²) in [4.78, 5) is 0.182. The van der Waals surface area contributed by atoms with Gasteiger partial charge in [-0.05, 0) is 25.7 Å². The monoisotopic (exact) mass is 288 g/mol. The molecule has 0 atom stereocenters. The highest BCUT2D eigenvalue weighted by atomic mass is 32.2. The second kappa shape index (κ2) is 6.00. The molecule has 108 valence electrons. The fourth-order valence-corrected chi connectivity index (χ4v) is 3.70. The van der Waals surface area contributed by atoms with Crippen LogP contribution >= 0.6 is 0 Å². The predicted octanol–water partition coefficient (Wildman–Crippen LogP) is -0.118. The van der Waals surface area contributed by atoms with Gasteiger partial charge in [0.1, 0.15) is 4.90 Å². The first kappa shape index (κ1) is 14.4. The Morgan fingerprint density at radius 1 is 1.47 bits per heavy atom. The quantitative estimate of drug-likeness (QED) is 0.700. The summed E-state index contributed by atoms with van der Waals surface area (Å²) in [6.07, 6.45) is 1.77. The van der Waals surface area contributed by atoms with E-state index >= 15 is 0 Å². The van der Waals surface area contributed by atoms with Gasteiger partial charge in [0.15, 0.2) is 0 Å². The zero-order valence-electron chi connectivity index (χ0n) is 11.0. The van der Waals surface area contributed by atoms with Crippen LogP contribution in [-0.4, -0.2) is 38.4 Å². The van der Waals surface area contributed by atoms with Crippen molar-refractivity contribution in [2.75, 3.05) is 19.8 Å². The molecule has 2 heterocycles. The molecule has 1 fully saturated rings. The molecule has 1 aliphatic rings. The number of nitrogens with two attached hydrogens (primary N) is 1. The number of nitrogens with one attached hydrogen (secondary N) is 2. The molecule has 1 aromatic heterocycles. The van der Waals surface area contributed by atoms with Gasteiger partial charge in [0.2, 0.25) is 10.0 Å². The SMILES string of the molecule is Cc1[nH]nc(CN)c1S(=O)(=O)NCC1CCOCC1. The highest BCUT2D eigenvalue weighted by Crippen LogP contribution is 2.19. The number of aromatic nitrogens is 2. The van der Waals surface area contributed by atoms with E-state index in [1.807, 2.05) is 0 Å². The van der Waals surface area contributed by atoms with Gasteiger partial charge in [-0.2, -0.15) is 5.10 Å². The molecule has 7 nitrogen and oxygen atoms in total. The molecule has 1 saturated heterocycles. The van der Waals surface area contributed by atoms with Crippen molar-refractivity contribution in [2.45, 2.75) is 31.2 Å². The van der Waals surface area contributed by atoms with Crippen molar-refractivity contribution < 1.29 is 13.2 Å². The molecule has 0 bridgehead atoms. The van der Waals surface area contributed by atoms with Gasteiger partial charge in [-0.1, -0.05) is 0 Å². The average molecular weight is 288 g/mol. The molecule has 1 aliphatic heterocycles. The first-order valence-corrected chi connectivity index (χ1v) is 7.84. The Bertz CT molecular complexity index is 520. The van der Waals surface area contributed by atoms with Gasteiger partial charge in [0.05, 0.1) is 11.4 Å². The molecule has 0 amide bonds. The van der Waals surface area contributed by atoms with Crippen LogP contribution in [-0.2, 0) is 21.3 Å². The number of sulfonamides is 1. The molecule has 4 N–H and O–H groups in total. The topological polar surface area (TPSA) is 110 Å². The van der Waals surface area contributed by atoms with E-state index in [1.54, 1.807) is 6.92 Å². The minimum Gasteiger partial charge on any atom is -0.381 e. The molecule has 2 rings (SSSR count). The molecule has 19 heavy (non-hydrogen) atoms. The average Bonchev–Trinajstić information content (AvgIpc) is 2.80. The Balaban J connectivity index is 2.07. The molecular formula is C11H20N4O3S. The van der Waals surface area contributed by atoms with Gasteiger partial charge in [-0.25, -0.2) is 13.1 Å². The number of rotatable bonds is 5. The van der Waals surface area contributed by atoms with Crippen molar-refractivity contribution in [3.8, 4) is 0 Å². The summed E-state index contributed by atoms with van der Waals surface area (Å²) in [5.41, 5.74) is 6.39. The van der Waals surface area contributed by atoms with E-state index in [2.05, 4.69) is 14.9 Å². The molecular weight excluding hydrogens is 268 g/mol. The van der Waals surface area contributed by atoms with Crippen molar-refractivity contribution >= 4 is 10.0 Å². The Kier molecular flexibility index (Phi) is 4.56. The Morgan fingerprint density at radius 2 is 2.16 bits per heavy atom. The van der Waals surface area contributed by atoms with Crippen molar-refractivity contribution in [1.82, 2.24) is 14.9 Å². The van der Waals surface area contributed by atoms with Gasteiger partial charge in [-0.3, -0.25) is 5.10 Å². The van der Waals surface area contributed by atoms with Crippen molar-refractivity contribution in [1.29, 1.82) is 0 Å². The maximum Gasteiger partial charge on any atom is 0.244 e.